The van der Waals surface area contributed by atoms with E-state index in [0.717, 1.165) is 0 Å². The Morgan fingerprint density at radius 3 is 2.19 bits per heavy atom. The van der Waals surface area contributed by atoms with E-state index in [9.17, 15) is 13.2 Å². The molecule has 0 aliphatic carbocycles. The van der Waals surface area contributed by atoms with E-state index < -0.39 is 15.1 Å². The Morgan fingerprint density at radius 2 is 1.70 bits per heavy atom. The van der Waals surface area contributed by atoms with Crippen LogP contribution in [0.25, 0.3) is 0 Å². The van der Waals surface area contributed by atoms with Crippen molar-refractivity contribution >= 4 is 15.7 Å². The standard InChI is InChI=1S/C17H22N4O5S/c1-20-11-18-19-17(20)27(23,24)15-4-6-21(7-5-15)16(22)12-8-13(25-2)10-14(9-12)26-3/h8-11,15H,4-7H2,1-3H3. The van der Waals surface area contributed by atoms with E-state index in [4.69, 9.17) is 9.47 Å². The van der Waals surface area contributed by atoms with Gasteiger partial charge in [0.15, 0.2) is 0 Å². The van der Waals surface area contributed by atoms with E-state index in [-0.39, 0.29) is 11.1 Å². The van der Waals surface area contributed by atoms with Gasteiger partial charge >= 0.3 is 0 Å². The van der Waals surface area contributed by atoms with Crippen LogP contribution in [-0.4, -0.2) is 66.5 Å². The number of aromatic nitrogens is 3. The first-order valence-electron chi connectivity index (χ1n) is 8.47. The maximum atomic E-state index is 12.8. The molecule has 1 aromatic carbocycles. The second kappa shape index (κ2) is 7.55. The Hall–Kier alpha value is -2.62. The largest absolute Gasteiger partial charge is 0.497 e. The molecule has 1 aliphatic heterocycles. The molecule has 0 atom stereocenters. The summed E-state index contributed by atoms with van der Waals surface area (Å²) in [5, 5.41) is 6.75. The van der Waals surface area contributed by atoms with Crippen molar-refractivity contribution in [3.63, 3.8) is 0 Å². The van der Waals surface area contributed by atoms with Crippen molar-refractivity contribution in [1.29, 1.82) is 0 Å². The highest BCUT2D eigenvalue weighted by atomic mass is 32.2. The maximum absolute atomic E-state index is 12.8. The van der Waals surface area contributed by atoms with Crippen molar-refractivity contribution in [3.05, 3.63) is 30.1 Å². The van der Waals surface area contributed by atoms with E-state index >= 15 is 0 Å². The van der Waals surface area contributed by atoms with Gasteiger partial charge in [0.25, 0.3) is 5.91 Å². The van der Waals surface area contributed by atoms with Crippen LogP contribution < -0.4 is 9.47 Å². The summed E-state index contributed by atoms with van der Waals surface area (Å²) in [6.07, 6.45) is 2.06. The number of likely N-dealkylation sites (tertiary alicyclic amines) is 1. The lowest BCUT2D eigenvalue weighted by atomic mass is 10.1. The Balaban J connectivity index is 1.72. The van der Waals surface area contributed by atoms with Crippen molar-refractivity contribution in [2.24, 2.45) is 7.05 Å². The second-order valence-corrected chi connectivity index (χ2v) is 8.48. The van der Waals surface area contributed by atoms with Gasteiger partial charge in [0, 0.05) is 31.8 Å². The number of carbonyl (C=O) groups excluding carboxylic acids is 1. The molecule has 0 radical (unpaired) electrons. The number of ether oxygens (including phenoxy) is 2. The summed E-state index contributed by atoms with van der Waals surface area (Å²) in [5.74, 6) is 0.872. The monoisotopic (exact) mass is 394 g/mol. The summed E-state index contributed by atoms with van der Waals surface area (Å²) >= 11 is 0. The van der Waals surface area contributed by atoms with Crippen LogP contribution in [0.3, 0.4) is 0 Å². The fraction of sp³-hybridized carbons (Fsp3) is 0.471. The lowest BCUT2D eigenvalue weighted by molar-refractivity contribution is 0.0725. The van der Waals surface area contributed by atoms with E-state index in [1.807, 2.05) is 0 Å². The Labute approximate surface area is 157 Å². The van der Waals surface area contributed by atoms with E-state index in [2.05, 4.69) is 10.2 Å². The molecular formula is C17H22N4O5S. The number of aryl methyl sites for hydroxylation is 1. The van der Waals surface area contributed by atoms with Gasteiger partial charge in [-0.15, -0.1) is 10.2 Å². The third kappa shape index (κ3) is 3.75. The first kappa shape index (κ1) is 19.2. The summed E-state index contributed by atoms with van der Waals surface area (Å²) in [4.78, 5) is 14.5. The van der Waals surface area contributed by atoms with Crippen molar-refractivity contribution in [2.75, 3.05) is 27.3 Å². The Bertz CT molecular complexity index is 910. The predicted molar refractivity (Wildman–Crippen MR) is 96.7 cm³/mol. The second-order valence-electron chi connectivity index (χ2n) is 6.36. The number of nitrogens with zero attached hydrogens (tertiary/aromatic N) is 4. The highest BCUT2D eigenvalue weighted by molar-refractivity contribution is 7.91. The van der Waals surface area contributed by atoms with Crippen LogP contribution in [-0.2, 0) is 16.9 Å². The molecule has 1 aliphatic rings. The zero-order valence-corrected chi connectivity index (χ0v) is 16.3. The highest BCUT2D eigenvalue weighted by Crippen LogP contribution is 2.27. The number of hydrogen-bond acceptors (Lipinski definition) is 7. The lowest BCUT2D eigenvalue weighted by Gasteiger charge is -2.31. The third-order valence-electron chi connectivity index (χ3n) is 4.69. The van der Waals surface area contributed by atoms with E-state index in [1.54, 1.807) is 30.1 Å². The van der Waals surface area contributed by atoms with Gasteiger partial charge in [-0.3, -0.25) is 4.79 Å². The predicted octanol–water partition coefficient (Wildman–Crippen LogP) is 0.911. The van der Waals surface area contributed by atoms with Gasteiger partial charge in [-0.05, 0) is 25.0 Å². The van der Waals surface area contributed by atoms with Crippen molar-refractivity contribution in [2.45, 2.75) is 23.2 Å². The van der Waals surface area contributed by atoms with Crippen LogP contribution in [0.4, 0.5) is 0 Å². The van der Waals surface area contributed by atoms with Crippen LogP contribution in [0.15, 0.2) is 29.7 Å². The molecule has 0 bridgehead atoms. The lowest BCUT2D eigenvalue weighted by Crippen LogP contribution is -2.42. The van der Waals surface area contributed by atoms with Crippen molar-refractivity contribution < 1.29 is 22.7 Å². The molecule has 9 nitrogen and oxygen atoms in total. The molecule has 1 aromatic heterocycles. The average molecular weight is 394 g/mol. The molecule has 0 spiro atoms. The Morgan fingerprint density at radius 1 is 1.11 bits per heavy atom. The smallest absolute Gasteiger partial charge is 0.254 e. The Kier molecular flexibility index (Phi) is 5.36. The first-order chi connectivity index (χ1) is 12.9. The summed E-state index contributed by atoms with van der Waals surface area (Å²) in [6.45, 7) is 0.695. The quantitative estimate of drug-likeness (QED) is 0.742. The minimum absolute atomic E-state index is 0.0372. The first-order valence-corrected chi connectivity index (χ1v) is 10.0. The summed E-state index contributed by atoms with van der Waals surface area (Å²) in [7, 11) is 1.07. The number of piperidine rings is 1. The number of hydrogen-bond donors (Lipinski definition) is 0. The number of amides is 1. The maximum Gasteiger partial charge on any atom is 0.254 e. The SMILES string of the molecule is COc1cc(OC)cc(C(=O)N2CCC(S(=O)(=O)c3nncn3C)CC2)c1. The van der Waals surface area contributed by atoms with Gasteiger partial charge in [0.2, 0.25) is 15.0 Å². The minimum Gasteiger partial charge on any atom is -0.497 e. The van der Waals surface area contributed by atoms with Gasteiger partial charge in [-0.1, -0.05) is 0 Å². The summed E-state index contributed by atoms with van der Waals surface area (Å²) in [6, 6.07) is 4.98. The fourth-order valence-electron chi connectivity index (χ4n) is 3.16. The summed E-state index contributed by atoms with van der Waals surface area (Å²) < 4.78 is 37.3. The van der Waals surface area contributed by atoms with Crippen LogP contribution in [0, 0.1) is 0 Å². The summed E-state index contributed by atoms with van der Waals surface area (Å²) in [5.41, 5.74) is 0.445. The molecule has 3 rings (SSSR count). The molecule has 0 saturated carbocycles. The van der Waals surface area contributed by atoms with Crippen LogP contribution in [0.5, 0.6) is 11.5 Å². The van der Waals surface area contributed by atoms with Crippen LogP contribution in [0.1, 0.15) is 23.2 Å². The number of methoxy groups -OCH3 is 2. The van der Waals surface area contributed by atoms with Crippen LogP contribution in [0.2, 0.25) is 0 Å². The molecule has 0 unspecified atom stereocenters. The number of rotatable bonds is 5. The molecule has 2 aromatic rings. The topological polar surface area (TPSA) is 104 Å². The van der Waals surface area contributed by atoms with Gasteiger partial charge in [0.05, 0.1) is 19.5 Å². The van der Waals surface area contributed by atoms with E-state index in [1.165, 1.54) is 25.1 Å². The normalized spacial score (nSPS) is 15.6. The fourth-order valence-corrected chi connectivity index (χ4v) is 4.90. The molecule has 27 heavy (non-hydrogen) atoms. The number of carbonyl (C=O) groups is 1. The molecule has 1 amide bonds. The molecule has 10 heteroatoms. The molecule has 0 N–H and O–H groups in total. The zero-order valence-electron chi connectivity index (χ0n) is 15.5. The van der Waals surface area contributed by atoms with Gasteiger partial charge < -0.3 is 18.9 Å². The highest BCUT2D eigenvalue weighted by Gasteiger charge is 2.35. The van der Waals surface area contributed by atoms with Gasteiger partial charge in [-0.25, -0.2) is 8.42 Å². The number of sulfone groups is 1. The van der Waals surface area contributed by atoms with Crippen molar-refractivity contribution in [3.8, 4) is 11.5 Å². The molecule has 1 saturated heterocycles. The molecular weight excluding hydrogens is 372 g/mol. The average Bonchev–Trinajstić information content (AvgIpc) is 3.13. The molecule has 146 valence electrons. The number of benzene rings is 1. The minimum atomic E-state index is -3.57. The molecule has 2 heterocycles. The third-order valence-corrected chi connectivity index (χ3v) is 6.92. The van der Waals surface area contributed by atoms with Gasteiger partial charge in [-0.2, -0.15) is 0 Å². The van der Waals surface area contributed by atoms with E-state index in [0.29, 0.717) is 43.0 Å². The van der Waals surface area contributed by atoms with Crippen molar-refractivity contribution in [1.82, 2.24) is 19.7 Å². The molecule has 1 fully saturated rings. The van der Waals surface area contributed by atoms with Crippen LogP contribution >= 0.6 is 0 Å². The zero-order chi connectivity index (χ0) is 19.6. The van der Waals surface area contributed by atoms with Gasteiger partial charge in [0.1, 0.15) is 17.8 Å².